The highest BCUT2D eigenvalue weighted by Crippen LogP contribution is 2.31. The Morgan fingerprint density at radius 2 is 1.62 bits per heavy atom. The van der Waals surface area contributed by atoms with Gasteiger partial charge >= 0.3 is 18.0 Å². The lowest BCUT2D eigenvalue weighted by molar-refractivity contribution is -0.166. The summed E-state index contributed by atoms with van der Waals surface area (Å²) in [6.45, 7) is 1.87. The molecule has 4 rings (SSSR count). The average molecular weight is 526 g/mol. The molecule has 37 heavy (non-hydrogen) atoms. The van der Waals surface area contributed by atoms with E-state index in [0.29, 0.717) is 21.8 Å². The number of carbonyl (C=O) groups excluding carboxylic acids is 1. The lowest BCUT2D eigenvalue weighted by atomic mass is 9.98. The summed E-state index contributed by atoms with van der Waals surface area (Å²) in [4.78, 5) is 23.1. The smallest absolute Gasteiger partial charge is 0.408 e. The number of rotatable bonds is 8. The fourth-order valence-corrected chi connectivity index (χ4v) is 4.05. The maximum Gasteiger partial charge on any atom is 0.408 e. The van der Waals surface area contributed by atoms with Crippen LogP contribution in [0.5, 0.6) is 0 Å². The van der Waals surface area contributed by atoms with Crippen LogP contribution in [-0.2, 0) is 22.0 Å². The maximum atomic E-state index is 13.7. The minimum Gasteiger partial charge on any atom is -0.477 e. The van der Waals surface area contributed by atoms with Crippen molar-refractivity contribution < 1.29 is 28.2 Å². The fourth-order valence-electron chi connectivity index (χ4n) is 3.77. The Bertz CT molecular complexity index is 1410. The zero-order valence-electron chi connectivity index (χ0n) is 19.5. The zero-order chi connectivity index (χ0) is 26.6. The molecule has 0 aliphatic rings. The van der Waals surface area contributed by atoms with Gasteiger partial charge in [0.2, 0.25) is 0 Å². The normalized spacial score (nSPS) is 12.1. The number of hydrogen-bond acceptors (Lipinski definition) is 4. The van der Waals surface area contributed by atoms with Crippen LogP contribution in [-0.4, -0.2) is 27.4 Å². The number of alkyl carbamates (subject to hydrolysis) is 1. The first-order valence-corrected chi connectivity index (χ1v) is 11.6. The molecular formula is C27H22ClF2N3O4. The quantitative estimate of drug-likeness (QED) is 0.241. The van der Waals surface area contributed by atoms with E-state index in [0.717, 1.165) is 28.8 Å². The van der Waals surface area contributed by atoms with Crippen LogP contribution in [0.1, 0.15) is 29.8 Å². The average Bonchev–Trinajstić information content (AvgIpc) is 3.36. The van der Waals surface area contributed by atoms with Crippen molar-refractivity contribution >= 4 is 23.7 Å². The van der Waals surface area contributed by atoms with Crippen molar-refractivity contribution in [3.8, 4) is 22.3 Å². The Morgan fingerprint density at radius 3 is 2.24 bits per heavy atom. The number of carboxylic acids is 1. The first kappa shape index (κ1) is 25.8. The highest BCUT2D eigenvalue weighted by Gasteiger charge is 2.40. The molecule has 3 aromatic carbocycles. The number of nitrogens with one attached hydrogen (secondary N) is 2. The molecule has 3 N–H and O–H groups in total. The fraction of sp³-hybridized carbons (Fsp3) is 0.148. The van der Waals surface area contributed by atoms with E-state index in [1.54, 1.807) is 31.3 Å². The van der Waals surface area contributed by atoms with E-state index in [1.807, 2.05) is 30.3 Å². The minimum absolute atomic E-state index is 0.143. The van der Waals surface area contributed by atoms with Gasteiger partial charge in [0.1, 0.15) is 6.10 Å². The number of aromatic nitrogens is 2. The van der Waals surface area contributed by atoms with Gasteiger partial charge in [0.25, 0.3) is 0 Å². The predicted octanol–water partition coefficient (Wildman–Crippen LogP) is 6.56. The van der Waals surface area contributed by atoms with Gasteiger partial charge in [0.15, 0.2) is 0 Å². The van der Waals surface area contributed by atoms with Crippen LogP contribution in [0.2, 0.25) is 5.02 Å². The summed E-state index contributed by atoms with van der Waals surface area (Å²) in [7, 11) is 0. The van der Waals surface area contributed by atoms with Crippen molar-refractivity contribution in [2.75, 3.05) is 0 Å². The second-order valence-electron chi connectivity index (χ2n) is 8.22. The highest BCUT2D eigenvalue weighted by molar-refractivity contribution is 6.31. The second kappa shape index (κ2) is 10.8. The van der Waals surface area contributed by atoms with Crippen molar-refractivity contribution in [2.24, 2.45) is 0 Å². The number of halogens is 3. The summed E-state index contributed by atoms with van der Waals surface area (Å²) in [5.41, 5.74) is 3.77. The van der Waals surface area contributed by atoms with Crippen molar-refractivity contribution in [1.29, 1.82) is 0 Å². The molecule has 1 amide bonds. The molecule has 1 aromatic heterocycles. The molecule has 190 valence electrons. The molecule has 7 nitrogen and oxygen atoms in total. The highest BCUT2D eigenvalue weighted by atomic mass is 35.5. The third-order valence-corrected chi connectivity index (χ3v) is 6.14. The van der Waals surface area contributed by atoms with E-state index >= 15 is 0 Å². The summed E-state index contributed by atoms with van der Waals surface area (Å²) < 4.78 is 32.8. The van der Waals surface area contributed by atoms with Crippen LogP contribution >= 0.6 is 11.6 Å². The van der Waals surface area contributed by atoms with Gasteiger partial charge in [0.05, 0.1) is 18.4 Å². The molecule has 0 bridgehead atoms. The molecule has 0 aliphatic carbocycles. The van der Waals surface area contributed by atoms with Gasteiger partial charge in [-0.15, -0.1) is 0 Å². The molecular weight excluding hydrogens is 504 g/mol. The van der Waals surface area contributed by atoms with Crippen LogP contribution in [0.15, 0.2) is 79.0 Å². The molecule has 0 saturated heterocycles. The Morgan fingerprint density at radius 1 is 1.03 bits per heavy atom. The number of alkyl halides is 2. The first-order valence-electron chi connectivity index (χ1n) is 11.2. The Kier molecular flexibility index (Phi) is 7.54. The van der Waals surface area contributed by atoms with E-state index in [2.05, 4.69) is 15.5 Å². The monoisotopic (exact) mass is 525 g/mol. The van der Waals surface area contributed by atoms with E-state index in [-0.39, 0.29) is 6.54 Å². The number of carboxylic acid groups (broad SMARTS) is 1. The standard InChI is InChI=1S/C27H22ClF2N3O4/c1-16(21-4-2-3-5-23(21)28)37-26(36)31-15-24-22(14-32-33-24)19-8-6-17(7-9-19)18-10-12-20(13-11-18)27(29,30)25(34)35/h2-14,16H,15H2,1H3,(H,31,36)(H,32,33)(H,34,35). The Balaban J connectivity index is 1.40. The third-order valence-electron chi connectivity index (χ3n) is 5.80. The summed E-state index contributed by atoms with van der Waals surface area (Å²) in [5.74, 6) is -6.15. The number of benzene rings is 3. The van der Waals surface area contributed by atoms with Crippen LogP contribution in [0.4, 0.5) is 13.6 Å². The summed E-state index contributed by atoms with van der Waals surface area (Å²) in [6, 6.07) is 19.5. The van der Waals surface area contributed by atoms with Gasteiger partial charge in [-0.05, 0) is 29.7 Å². The Labute approximate surface area is 216 Å². The van der Waals surface area contributed by atoms with Gasteiger partial charge in [-0.2, -0.15) is 13.9 Å². The second-order valence-corrected chi connectivity index (χ2v) is 8.63. The summed E-state index contributed by atoms with van der Waals surface area (Å²) >= 11 is 6.16. The minimum atomic E-state index is -3.95. The number of aliphatic carboxylic acids is 1. The molecule has 1 unspecified atom stereocenters. The van der Waals surface area contributed by atoms with Crippen molar-refractivity contribution in [1.82, 2.24) is 15.5 Å². The van der Waals surface area contributed by atoms with Crippen LogP contribution in [0.3, 0.4) is 0 Å². The van der Waals surface area contributed by atoms with E-state index < -0.39 is 29.7 Å². The van der Waals surface area contributed by atoms with E-state index in [9.17, 15) is 18.4 Å². The molecule has 10 heteroatoms. The molecule has 0 radical (unpaired) electrons. The SMILES string of the molecule is CC(OC(=O)NCc1[nH]ncc1-c1ccc(-c2ccc(C(F)(F)C(=O)O)cc2)cc1)c1ccccc1Cl. The van der Waals surface area contributed by atoms with Gasteiger partial charge in [-0.1, -0.05) is 78.3 Å². The largest absolute Gasteiger partial charge is 0.477 e. The number of ether oxygens (including phenoxy) is 1. The van der Waals surface area contributed by atoms with Gasteiger partial charge in [-0.3, -0.25) is 5.10 Å². The lowest BCUT2D eigenvalue weighted by Gasteiger charge is -2.15. The van der Waals surface area contributed by atoms with Gasteiger partial charge < -0.3 is 15.2 Å². The van der Waals surface area contributed by atoms with Crippen molar-refractivity contribution in [3.63, 3.8) is 0 Å². The van der Waals surface area contributed by atoms with E-state index in [4.69, 9.17) is 21.4 Å². The molecule has 0 aliphatic heterocycles. The number of amides is 1. The number of nitrogens with zero attached hydrogens (tertiary/aromatic N) is 1. The number of aromatic amines is 1. The topological polar surface area (TPSA) is 104 Å². The first-order chi connectivity index (χ1) is 17.7. The summed E-state index contributed by atoms with van der Waals surface area (Å²) in [6.07, 6.45) is 0.485. The maximum absolute atomic E-state index is 13.7. The molecule has 4 aromatic rings. The van der Waals surface area contributed by atoms with Crippen LogP contribution in [0, 0.1) is 0 Å². The molecule has 0 saturated carbocycles. The van der Waals surface area contributed by atoms with Crippen molar-refractivity contribution in [2.45, 2.75) is 25.5 Å². The third kappa shape index (κ3) is 5.78. The molecule has 0 fully saturated rings. The zero-order valence-corrected chi connectivity index (χ0v) is 20.3. The van der Waals surface area contributed by atoms with Gasteiger partial charge in [-0.25, -0.2) is 9.59 Å². The van der Waals surface area contributed by atoms with Gasteiger partial charge in [0, 0.05) is 21.7 Å². The van der Waals surface area contributed by atoms with E-state index in [1.165, 1.54) is 12.1 Å². The Hall–Kier alpha value is -4.24. The molecule has 0 spiro atoms. The number of H-pyrrole nitrogens is 1. The van der Waals surface area contributed by atoms with Crippen LogP contribution < -0.4 is 5.32 Å². The predicted molar refractivity (Wildman–Crippen MR) is 134 cm³/mol. The summed E-state index contributed by atoms with van der Waals surface area (Å²) in [5, 5.41) is 18.8. The number of carbonyl (C=O) groups is 2. The van der Waals surface area contributed by atoms with Crippen LogP contribution in [0.25, 0.3) is 22.3 Å². The molecule has 1 atom stereocenters. The lowest BCUT2D eigenvalue weighted by Crippen LogP contribution is -2.25. The van der Waals surface area contributed by atoms with Crippen molar-refractivity contribution in [3.05, 3.63) is 101 Å². The molecule has 1 heterocycles. The number of hydrogen-bond donors (Lipinski definition) is 3.